The van der Waals surface area contributed by atoms with Crippen LogP contribution in [-0.2, 0) is 9.59 Å². The van der Waals surface area contributed by atoms with E-state index in [0.29, 0.717) is 36.9 Å². The van der Waals surface area contributed by atoms with E-state index in [1.54, 1.807) is 18.1 Å². The molecule has 2 aliphatic heterocycles. The van der Waals surface area contributed by atoms with Gasteiger partial charge in [-0.2, -0.15) is 0 Å². The lowest BCUT2D eigenvalue weighted by atomic mass is 9.73. The predicted molar refractivity (Wildman–Crippen MR) is 122 cm³/mol. The largest absolute Gasteiger partial charge is 0.496 e. The number of nitrogens with zero attached hydrogens (tertiary/aromatic N) is 1. The number of likely N-dealkylation sites (tertiary alicyclic amines) is 1. The van der Waals surface area contributed by atoms with E-state index in [1.165, 1.54) is 0 Å². The van der Waals surface area contributed by atoms with Crippen LogP contribution < -0.4 is 15.4 Å². The van der Waals surface area contributed by atoms with E-state index in [1.807, 2.05) is 18.2 Å². The van der Waals surface area contributed by atoms with Crippen molar-refractivity contribution >= 4 is 28.6 Å². The van der Waals surface area contributed by atoms with Gasteiger partial charge in [-0.15, -0.1) is 6.42 Å². The van der Waals surface area contributed by atoms with Gasteiger partial charge in [-0.1, -0.05) is 12.0 Å². The van der Waals surface area contributed by atoms with Gasteiger partial charge in [-0.05, 0) is 55.7 Å². The maximum absolute atomic E-state index is 13.5. The number of hydrogen-bond donors (Lipinski definition) is 3. The van der Waals surface area contributed by atoms with E-state index in [2.05, 4.69) is 21.5 Å². The second kappa shape index (κ2) is 8.47. The highest BCUT2D eigenvalue weighted by molar-refractivity contribution is 6.02. The number of aromatic nitrogens is 1. The third-order valence-electron chi connectivity index (χ3n) is 7.45. The number of terminal acetylenes is 1. The summed E-state index contributed by atoms with van der Waals surface area (Å²) in [5, 5.41) is 6.57. The normalized spacial score (nSPS) is 26.8. The quantitative estimate of drug-likeness (QED) is 0.585. The van der Waals surface area contributed by atoms with Crippen LogP contribution in [-0.4, -0.2) is 59.9 Å². The number of hydrogen-bond acceptors (Lipinski definition) is 4. The summed E-state index contributed by atoms with van der Waals surface area (Å²) in [6.45, 7) is 1.19. The van der Waals surface area contributed by atoms with Crippen molar-refractivity contribution in [3.8, 4) is 18.1 Å². The first-order valence-electron chi connectivity index (χ1n) is 11.5. The van der Waals surface area contributed by atoms with Gasteiger partial charge in [0, 0.05) is 29.9 Å². The second-order valence-electron chi connectivity index (χ2n) is 9.25. The summed E-state index contributed by atoms with van der Waals surface area (Å²) in [7, 11) is 1.60. The van der Waals surface area contributed by atoms with Crippen LogP contribution in [0.4, 0.5) is 0 Å². The minimum Gasteiger partial charge on any atom is -0.496 e. The smallest absolute Gasteiger partial charge is 0.271 e. The lowest BCUT2D eigenvalue weighted by Crippen LogP contribution is -2.52. The summed E-state index contributed by atoms with van der Waals surface area (Å²) in [6, 6.07) is 6.29. The van der Waals surface area contributed by atoms with Gasteiger partial charge < -0.3 is 25.3 Å². The Bertz CT molecular complexity index is 1150. The number of amides is 3. The monoisotopic (exact) mass is 448 g/mol. The molecule has 8 nitrogen and oxygen atoms in total. The van der Waals surface area contributed by atoms with Crippen LogP contribution in [0.5, 0.6) is 5.75 Å². The lowest BCUT2D eigenvalue weighted by molar-refractivity contribution is -0.128. The van der Waals surface area contributed by atoms with Gasteiger partial charge in [-0.3, -0.25) is 14.4 Å². The SMILES string of the molecule is C#C[C@H](C[C@@H]1CCNC1=O)NC(=O)[C@@H]1[C@H]2CC[C@H]2CN1C(=O)c1cc2c(OC)cccc2[nH]1. The maximum atomic E-state index is 13.5. The van der Waals surface area contributed by atoms with Crippen LogP contribution in [0, 0.1) is 30.1 Å². The first-order valence-corrected chi connectivity index (χ1v) is 11.5. The number of fused-ring (bicyclic) bond motifs is 2. The molecule has 1 aliphatic carbocycles. The van der Waals surface area contributed by atoms with Crippen molar-refractivity contribution < 1.29 is 19.1 Å². The molecule has 5 atom stereocenters. The summed E-state index contributed by atoms with van der Waals surface area (Å²) in [4.78, 5) is 43.7. The number of ether oxygens (including phenoxy) is 1. The molecule has 0 unspecified atom stereocenters. The fraction of sp³-hybridized carbons (Fsp3) is 0.480. The number of methoxy groups -OCH3 is 1. The van der Waals surface area contributed by atoms with Crippen LogP contribution in [0.25, 0.3) is 10.9 Å². The topological polar surface area (TPSA) is 104 Å². The zero-order valence-electron chi connectivity index (χ0n) is 18.6. The van der Waals surface area contributed by atoms with Crippen LogP contribution >= 0.6 is 0 Å². The van der Waals surface area contributed by atoms with Gasteiger partial charge in [-0.25, -0.2) is 0 Å². The molecule has 1 aromatic carbocycles. The highest BCUT2D eigenvalue weighted by atomic mass is 16.5. The Kier molecular flexibility index (Phi) is 5.49. The van der Waals surface area contributed by atoms with Crippen LogP contribution in [0.3, 0.4) is 0 Å². The van der Waals surface area contributed by atoms with Gasteiger partial charge in [0.15, 0.2) is 0 Å². The van der Waals surface area contributed by atoms with E-state index in [0.717, 1.165) is 30.2 Å². The standard InChI is InChI=1S/C25H28N4O4/c1-3-16(11-14-9-10-26-23(14)30)27-24(31)22-17-8-7-15(17)13-29(22)25(32)20-12-18-19(28-20)5-4-6-21(18)33-2/h1,4-6,12,14-17,22,28H,7-11,13H2,2H3,(H,26,30)(H,27,31)/t14-,15-,16+,17-,22-/m0/s1. The molecule has 1 saturated carbocycles. The van der Waals surface area contributed by atoms with Crippen molar-refractivity contribution in [1.29, 1.82) is 0 Å². The van der Waals surface area contributed by atoms with Gasteiger partial charge >= 0.3 is 0 Å². The van der Waals surface area contributed by atoms with Crippen molar-refractivity contribution in [2.45, 2.75) is 37.8 Å². The molecule has 2 aromatic rings. The molecule has 3 aliphatic rings. The number of carbonyl (C=O) groups is 3. The Balaban J connectivity index is 1.35. The third-order valence-corrected chi connectivity index (χ3v) is 7.45. The molecule has 1 aromatic heterocycles. The zero-order valence-corrected chi connectivity index (χ0v) is 18.6. The Hall–Kier alpha value is -3.47. The van der Waals surface area contributed by atoms with Crippen molar-refractivity contribution in [2.24, 2.45) is 17.8 Å². The molecule has 0 spiro atoms. The minimum atomic E-state index is -0.558. The summed E-state index contributed by atoms with van der Waals surface area (Å²) in [5.74, 6) is 3.14. The summed E-state index contributed by atoms with van der Waals surface area (Å²) < 4.78 is 5.41. The first kappa shape index (κ1) is 21.4. The second-order valence-corrected chi connectivity index (χ2v) is 9.25. The fourth-order valence-corrected chi connectivity index (χ4v) is 5.54. The molecule has 0 radical (unpaired) electrons. The van der Waals surface area contributed by atoms with Crippen LogP contribution in [0.15, 0.2) is 24.3 Å². The molecule has 8 heteroatoms. The summed E-state index contributed by atoms with van der Waals surface area (Å²) in [5.41, 5.74) is 1.24. The average molecular weight is 449 g/mol. The molecule has 172 valence electrons. The van der Waals surface area contributed by atoms with Crippen LogP contribution in [0.1, 0.15) is 36.2 Å². The Morgan fingerprint density at radius 2 is 2.18 bits per heavy atom. The minimum absolute atomic E-state index is 0.0181. The van der Waals surface area contributed by atoms with Gasteiger partial charge in [0.25, 0.3) is 5.91 Å². The Morgan fingerprint density at radius 3 is 2.85 bits per heavy atom. The van der Waals surface area contributed by atoms with E-state index >= 15 is 0 Å². The third kappa shape index (κ3) is 3.71. The molecule has 3 amide bonds. The first-order chi connectivity index (χ1) is 16.0. The number of nitrogens with one attached hydrogen (secondary N) is 3. The van der Waals surface area contributed by atoms with Gasteiger partial charge in [0.2, 0.25) is 11.8 Å². The predicted octanol–water partition coefficient (Wildman–Crippen LogP) is 1.67. The number of rotatable bonds is 6. The van der Waals surface area contributed by atoms with Crippen LogP contribution in [0.2, 0.25) is 0 Å². The number of H-pyrrole nitrogens is 1. The van der Waals surface area contributed by atoms with E-state index in [9.17, 15) is 14.4 Å². The molecular weight excluding hydrogens is 420 g/mol. The summed E-state index contributed by atoms with van der Waals surface area (Å²) >= 11 is 0. The fourth-order valence-electron chi connectivity index (χ4n) is 5.54. The van der Waals surface area contributed by atoms with Gasteiger partial charge in [0.05, 0.1) is 13.2 Å². The molecule has 2 saturated heterocycles. The van der Waals surface area contributed by atoms with Crippen molar-refractivity contribution in [3.05, 3.63) is 30.0 Å². The molecular formula is C25H28N4O4. The summed E-state index contributed by atoms with van der Waals surface area (Å²) in [6.07, 6.45) is 8.74. The molecule has 33 heavy (non-hydrogen) atoms. The molecule has 3 N–H and O–H groups in total. The van der Waals surface area contributed by atoms with Gasteiger partial charge in [0.1, 0.15) is 17.5 Å². The van der Waals surface area contributed by atoms with Crippen molar-refractivity contribution in [2.75, 3.05) is 20.2 Å². The Morgan fingerprint density at radius 1 is 1.33 bits per heavy atom. The van der Waals surface area contributed by atoms with E-state index in [-0.39, 0.29) is 29.6 Å². The highest BCUT2D eigenvalue weighted by Gasteiger charge is 2.52. The van der Waals surface area contributed by atoms with Crippen molar-refractivity contribution in [3.63, 3.8) is 0 Å². The average Bonchev–Trinajstić information content (AvgIpc) is 3.48. The Labute approximate surface area is 192 Å². The van der Waals surface area contributed by atoms with Crippen molar-refractivity contribution in [1.82, 2.24) is 20.5 Å². The number of carbonyl (C=O) groups excluding carboxylic acids is 3. The molecule has 0 bridgehead atoms. The highest BCUT2D eigenvalue weighted by Crippen LogP contribution is 2.45. The molecule has 5 rings (SSSR count). The lowest BCUT2D eigenvalue weighted by Gasteiger charge is -2.33. The number of benzene rings is 1. The van der Waals surface area contributed by atoms with E-state index in [4.69, 9.17) is 11.2 Å². The molecule has 3 heterocycles. The molecule has 3 fully saturated rings. The maximum Gasteiger partial charge on any atom is 0.271 e. The number of aromatic amines is 1. The zero-order chi connectivity index (χ0) is 23.1. The van der Waals surface area contributed by atoms with E-state index < -0.39 is 12.1 Å².